The van der Waals surface area contributed by atoms with E-state index in [0.717, 1.165) is 31.4 Å². The van der Waals surface area contributed by atoms with Gasteiger partial charge in [-0.3, -0.25) is 14.2 Å². The van der Waals surface area contributed by atoms with Crippen LogP contribution in [0.15, 0.2) is 41.2 Å². The SMILES string of the molecule is CC[C@H]1CCCCN1C(=O)Cn1c(-c2ccccc2)nc(C)cc1=O. The minimum atomic E-state index is -0.176. The second kappa shape index (κ2) is 7.64. The van der Waals surface area contributed by atoms with Crippen LogP contribution in [0.3, 0.4) is 0 Å². The second-order valence-corrected chi connectivity index (χ2v) is 6.66. The van der Waals surface area contributed by atoms with Crippen LogP contribution < -0.4 is 5.56 Å². The molecule has 1 aliphatic heterocycles. The van der Waals surface area contributed by atoms with E-state index in [0.29, 0.717) is 11.5 Å². The molecule has 132 valence electrons. The Labute approximate surface area is 148 Å². The summed E-state index contributed by atoms with van der Waals surface area (Å²) >= 11 is 0. The van der Waals surface area contributed by atoms with Crippen molar-refractivity contribution < 1.29 is 4.79 Å². The Morgan fingerprint density at radius 2 is 2.00 bits per heavy atom. The summed E-state index contributed by atoms with van der Waals surface area (Å²) in [6.45, 7) is 4.75. The fourth-order valence-corrected chi connectivity index (χ4v) is 3.56. The van der Waals surface area contributed by atoms with Gasteiger partial charge in [0.05, 0.1) is 0 Å². The first kappa shape index (κ1) is 17.4. The highest BCUT2D eigenvalue weighted by Gasteiger charge is 2.26. The highest BCUT2D eigenvalue weighted by Crippen LogP contribution is 2.21. The van der Waals surface area contributed by atoms with E-state index in [1.165, 1.54) is 17.1 Å². The summed E-state index contributed by atoms with van der Waals surface area (Å²) in [5.41, 5.74) is 1.34. The van der Waals surface area contributed by atoms with Crippen molar-refractivity contribution in [2.45, 2.75) is 52.1 Å². The standard InChI is InChI=1S/C20H25N3O2/c1-3-17-11-7-8-12-22(17)19(25)14-23-18(24)13-15(2)21-20(23)16-9-5-4-6-10-16/h4-6,9-10,13,17H,3,7-8,11-12,14H2,1-2H3/t17-/m0/s1. The van der Waals surface area contributed by atoms with Crippen molar-refractivity contribution in [2.75, 3.05) is 6.54 Å². The molecule has 0 unspecified atom stereocenters. The minimum absolute atomic E-state index is 0.0106. The largest absolute Gasteiger partial charge is 0.338 e. The van der Waals surface area contributed by atoms with Gasteiger partial charge in [-0.05, 0) is 32.6 Å². The van der Waals surface area contributed by atoms with Crippen molar-refractivity contribution in [1.82, 2.24) is 14.5 Å². The molecule has 1 aliphatic rings. The molecule has 5 heteroatoms. The average molecular weight is 339 g/mol. The zero-order valence-corrected chi connectivity index (χ0v) is 14.9. The average Bonchev–Trinajstić information content (AvgIpc) is 2.64. The number of carbonyl (C=O) groups is 1. The summed E-state index contributed by atoms with van der Waals surface area (Å²) in [6.07, 6.45) is 4.21. The van der Waals surface area contributed by atoms with Gasteiger partial charge in [0, 0.05) is 29.9 Å². The third-order valence-electron chi connectivity index (χ3n) is 4.88. The van der Waals surface area contributed by atoms with Crippen molar-refractivity contribution in [1.29, 1.82) is 0 Å². The fourth-order valence-electron chi connectivity index (χ4n) is 3.56. The lowest BCUT2D eigenvalue weighted by atomic mass is 10.00. The van der Waals surface area contributed by atoms with Gasteiger partial charge in [0.1, 0.15) is 12.4 Å². The molecule has 1 atom stereocenters. The summed E-state index contributed by atoms with van der Waals surface area (Å²) < 4.78 is 1.51. The molecule has 0 spiro atoms. The van der Waals surface area contributed by atoms with E-state index in [9.17, 15) is 9.59 Å². The van der Waals surface area contributed by atoms with Crippen LogP contribution >= 0.6 is 0 Å². The van der Waals surface area contributed by atoms with Gasteiger partial charge in [-0.1, -0.05) is 37.3 Å². The Balaban J connectivity index is 1.94. The minimum Gasteiger partial charge on any atom is -0.338 e. The lowest BCUT2D eigenvalue weighted by Crippen LogP contribution is -2.46. The van der Waals surface area contributed by atoms with E-state index in [4.69, 9.17) is 0 Å². The number of likely N-dealkylation sites (tertiary alicyclic amines) is 1. The maximum atomic E-state index is 12.9. The van der Waals surface area contributed by atoms with Crippen LogP contribution in [0.25, 0.3) is 11.4 Å². The Hall–Kier alpha value is -2.43. The normalized spacial score (nSPS) is 17.5. The van der Waals surface area contributed by atoms with Gasteiger partial charge in [0.15, 0.2) is 0 Å². The quantitative estimate of drug-likeness (QED) is 0.860. The van der Waals surface area contributed by atoms with Crippen molar-refractivity contribution in [3.63, 3.8) is 0 Å². The van der Waals surface area contributed by atoms with Crippen molar-refractivity contribution in [3.05, 3.63) is 52.4 Å². The topological polar surface area (TPSA) is 55.2 Å². The van der Waals surface area contributed by atoms with Gasteiger partial charge < -0.3 is 4.90 Å². The summed E-state index contributed by atoms with van der Waals surface area (Å²) in [7, 11) is 0. The zero-order chi connectivity index (χ0) is 17.8. The van der Waals surface area contributed by atoms with Gasteiger partial charge in [-0.15, -0.1) is 0 Å². The Kier molecular flexibility index (Phi) is 5.31. The number of hydrogen-bond acceptors (Lipinski definition) is 3. The third-order valence-corrected chi connectivity index (χ3v) is 4.88. The molecule has 3 rings (SSSR count). The molecule has 0 bridgehead atoms. The first-order valence-electron chi connectivity index (χ1n) is 9.03. The first-order valence-corrected chi connectivity index (χ1v) is 9.03. The van der Waals surface area contributed by atoms with Crippen LogP contribution in [-0.2, 0) is 11.3 Å². The number of aromatic nitrogens is 2. The molecule has 2 heterocycles. The molecule has 5 nitrogen and oxygen atoms in total. The smallest absolute Gasteiger partial charge is 0.254 e. The highest BCUT2D eigenvalue weighted by molar-refractivity contribution is 5.77. The molecule has 1 aromatic heterocycles. The molecule has 1 fully saturated rings. The maximum Gasteiger partial charge on any atom is 0.254 e. The summed E-state index contributed by atoms with van der Waals surface area (Å²) in [5.74, 6) is 0.570. The van der Waals surface area contributed by atoms with Crippen LogP contribution in [0, 0.1) is 6.92 Å². The molecule has 1 amide bonds. The Morgan fingerprint density at radius 1 is 1.24 bits per heavy atom. The van der Waals surface area contributed by atoms with Gasteiger partial charge in [-0.2, -0.15) is 0 Å². The van der Waals surface area contributed by atoms with Crippen molar-refractivity contribution >= 4 is 5.91 Å². The number of amides is 1. The lowest BCUT2D eigenvalue weighted by molar-refractivity contribution is -0.135. The van der Waals surface area contributed by atoms with E-state index < -0.39 is 0 Å². The van der Waals surface area contributed by atoms with E-state index in [2.05, 4.69) is 11.9 Å². The molecular weight excluding hydrogens is 314 g/mol. The Bertz CT molecular complexity index is 798. The third kappa shape index (κ3) is 3.81. The van der Waals surface area contributed by atoms with E-state index in [1.807, 2.05) is 35.2 Å². The molecule has 25 heavy (non-hydrogen) atoms. The van der Waals surface area contributed by atoms with E-state index >= 15 is 0 Å². The van der Waals surface area contributed by atoms with E-state index in [-0.39, 0.29) is 24.1 Å². The summed E-state index contributed by atoms with van der Waals surface area (Å²) in [5, 5.41) is 0. The predicted molar refractivity (Wildman–Crippen MR) is 98.3 cm³/mol. The molecule has 0 N–H and O–H groups in total. The van der Waals surface area contributed by atoms with Crippen LogP contribution in [0.5, 0.6) is 0 Å². The Morgan fingerprint density at radius 3 is 2.72 bits per heavy atom. The second-order valence-electron chi connectivity index (χ2n) is 6.66. The van der Waals surface area contributed by atoms with Crippen LogP contribution in [0.1, 0.15) is 38.3 Å². The highest BCUT2D eigenvalue weighted by atomic mass is 16.2. The zero-order valence-electron chi connectivity index (χ0n) is 14.9. The number of piperidine rings is 1. The molecule has 2 aromatic rings. The number of carbonyl (C=O) groups excluding carboxylic acids is 1. The fraction of sp³-hybridized carbons (Fsp3) is 0.450. The molecule has 0 saturated carbocycles. The van der Waals surface area contributed by atoms with Gasteiger partial charge in [0.25, 0.3) is 5.56 Å². The monoisotopic (exact) mass is 339 g/mol. The number of nitrogens with zero attached hydrogens (tertiary/aromatic N) is 3. The number of aryl methyl sites for hydroxylation is 1. The van der Waals surface area contributed by atoms with Crippen molar-refractivity contribution in [2.24, 2.45) is 0 Å². The molecule has 1 aromatic carbocycles. The molecule has 0 aliphatic carbocycles. The molecule has 0 radical (unpaired) electrons. The lowest BCUT2D eigenvalue weighted by Gasteiger charge is -2.35. The van der Waals surface area contributed by atoms with Crippen molar-refractivity contribution in [3.8, 4) is 11.4 Å². The summed E-state index contributed by atoms with van der Waals surface area (Å²) in [4.78, 5) is 31.9. The predicted octanol–water partition coefficient (Wildman–Crippen LogP) is 3.01. The van der Waals surface area contributed by atoms with Crippen LogP contribution in [0.2, 0.25) is 0 Å². The molecular formula is C20H25N3O2. The first-order chi connectivity index (χ1) is 12.1. The summed E-state index contributed by atoms with van der Waals surface area (Å²) in [6, 6.07) is 11.4. The number of rotatable bonds is 4. The molecule has 1 saturated heterocycles. The van der Waals surface area contributed by atoms with Crippen LogP contribution in [-0.4, -0.2) is 32.9 Å². The van der Waals surface area contributed by atoms with E-state index in [1.54, 1.807) is 6.92 Å². The number of hydrogen-bond donors (Lipinski definition) is 0. The maximum absolute atomic E-state index is 12.9. The number of benzene rings is 1. The van der Waals surface area contributed by atoms with Crippen LogP contribution in [0.4, 0.5) is 0 Å². The van der Waals surface area contributed by atoms with Gasteiger partial charge >= 0.3 is 0 Å². The van der Waals surface area contributed by atoms with Gasteiger partial charge in [-0.25, -0.2) is 4.98 Å². The van der Waals surface area contributed by atoms with Gasteiger partial charge in [0.2, 0.25) is 5.91 Å².